The standard InChI is InChI=1S/C3H5NO.C3H3NS/c1-2-3(4)5;1-3(5)2-4/h2H,1H2,(H2,4,5);5H,1H2. The van der Waals surface area contributed by atoms with Crippen molar-refractivity contribution in [3.8, 4) is 6.07 Å². The van der Waals surface area contributed by atoms with Gasteiger partial charge in [0.05, 0.1) is 4.91 Å². The van der Waals surface area contributed by atoms with Crippen molar-refractivity contribution in [1.29, 1.82) is 5.26 Å². The average Bonchev–Trinajstić information content (AvgIpc) is 1.89. The van der Waals surface area contributed by atoms with E-state index in [-0.39, 0.29) is 4.91 Å². The highest BCUT2D eigenvalue weighted by Gasteiger charge is 1.69. The Morgan fingerprint density at radius 2 is 2.00 bits per heavy atom. The molecule has 0 aromatic heterocycles. The van der Waals surface area contributed by atoms with E-state index in [2.05, 4.69) is 31.5 Å². The van der Waals surface area contributed by atoms with Gasteiger partial charge in [0.15, 0.2) is 0 Å². The molecule has 0 rings (SSSR count). The third-order valence-electron chi connectivity index (χ3n) is 0.330. The van der Waals surface area contributed by atoms with Gasteiger partial charge < -0.3 is 5.73 Å². The predicted octanol–water partition coefficient (Wildman–Crippen LogP) is 0.611. The van der Waals surface area contributed by atoms with Gasteiger partial charge in [0.25, 0.3) is 0 Å². The molecule has 2 N–H and O–H groups in total. The van der Waals surface area contributed by atoms with E-state index >= 15 is 0 Å². The van der Waals surface area contributed by atoms with Crippen molar-refractivity contribution >= 4 is 18.5 Å². The molecule has 10 heavy (non-hydrogen) atoms. The lowest BCUT2D eigenvalue weighted by atomic mass is 10.6. The van der Waals surface area contributed by atoms with Gasteiger partial charge in [-0.15, -0.1) is 12.6 Å². The number of allylic oxidation sites excluding steroid dienone is 1. The molecule has 4 heteroatoms. The van der Waals surface area contributed by atoms with Gasteiger partial charge in [0.1, 0.15) is 6.07 Å². The number of nitrogens with two attached hydrogens (primary N) is 1. The fraction of sp³-hybridized carbons (Fsp3) is 0. The van der Waals surface area contributed by atoms with Crippen molar-refractivity contribution in [1.82, 2.24) is 0 Å². The SMILES string of the molecule is C=C(S)C#N.C=CC(N)=O. The van der Waals surface area contributed by atoms with Crippen molar-refractivity contribution in [3.05, 3.63) is 24.1 Å². The number of hydrogen-bond donors (Lipinski definition) is 2. The maximum atomic E-state index is 9.47. The van der Waals surface area contributed by atoms with E-state index in [1.807, 2.05) is 0 Å². The third-order valence-corrected chi connectivity index (χ3v) is 0.430. The fourth-order valence-corrected chi connectivity index (χ4v) is 0. The van der Waals surface area contributed by atoms with Crippen LogP contribution in [0.15, 0.2) is 24.1 Å². The first-order valence-corrected chi connectivity index (χ1v) is 2.69. The molecule has 3 nitrogen and oxygen atoms in total. The van der Waals surface area contributed by atoms with Crippen LogP contribution in [0.1, 0.15) is 0 Å². The summed E-state index contributed by atoms with van der Waals surface area (Å²) in [6.45, 7) is 6.26. The zero-order valence-corrected chi connectivity index (χ0v) is 6.27. The number of nitrogens with zero attached hydrogens (tertiary/aromatic N) is 1. The molecule has 0 atom stereocenters. The van der Waals surface area contributed by atoms with Crippen LogP contribution < -0.4 is 5.73 Å². The molecule has 0 heterocycles. The van der Waals surface area contributed by atoms with E-state index in [0.29, 0.717) is 0 Å². The van der Waals surface area contributed by atoms with Crippen LogP contribution >= 0.6 is 12.6 Å². The zero-order valence-electron chi connectivity index (χ0n) is 5.37. The maximum absolute atomic E-state index is 9.47. The van der Waals surface area contributed by atoms with Gasteiger partial charge >= 0.3 is 0 Å². The minimum absolute atomic E-state index is 0.255. The van der Waals surface area contributed by atoms with Crippen LogP contribution in [-0.4, -0.2) is 5.91 Å². The van der Waals surface area contributed by atoms with Crippen molar-refractivity contribution in [3.63, 3.8) is 0 Å². The molecule has 1 amide bonds. The molecule has 0 aliphatic carbocycles. The Morgan fingerprint density at radius 1 is 1.80 bits per heavy atom. The van der Waals surface area contributed by atoms with Crippen molar-refractivity contribution in [2.24, 2.45) is 5.73 Å². The maximum Gasteiger partial charge on any atom is 0.240 e. The molecule has 0 aliphatic heterocycles. The lowest BCUT2D eigenvalue weighted by Gasteiger charge is -1.65. The van der Waals surface area contributed by atoms with Crippen LogP contribution in [0.5, 0.6) is 0 Å². The van der Waals surface area contributed by atoms with Crippen LogP contribution in [0.25, 0.3) is 0 Å². The van der Waals surface area contributed by atoms with Crippen LogP contribution in [0.2, 0.25) is 0 Å². The number of thiol groups is 1. The molecule has 0 aromatic rings. The Labute approximate surface area is 65.2 Å². The summed E-state index contributed by atoms with van der Waals surface area (Å²) in [6, 6.07) is 1.70. The molecule has 0 saturated heterocycles. The van der Waals surface area contributed by atoms with E-state index in [4.69, 9.17) is 5.26 Å². The van der Waals surface area contributed by atoms with Gasteiger partial charge in [0, 0.05) is 0 Å². The predicted molar refractivity (Wildman–Crippen MR) is 43.1 cm³/mol. The number of nitriles is 1. The minimum atomic E-state index is -0.481. The van der Waals surface area contributed by atoms with Gasteiger partial charge in [-0.25, -0.2) is 0 Å². The largest absolute Gasteiger partial charge is 0.366 e. The summed E-state index contributed by atoms with van der Waals surface area (Å²) in [4.78, 5) is 9.73. The Hall–Kier alpha value is -1.21. The third kappa shape index (κ3) is 29.2. The van der Waals surface area contributed by atoms with E-state index in [1.54, 1.807) is 6.07 Å². The molecular weight excluding hydrogens is 148 g/mol. The fourth-order valence-electron chi connectivity index (χ4n) is 0. The monoisotopic (exact) mass is 156 g/mol. The Bertz CT molecular complexity index is 181. The first-order valence-electron chi connectivity index (χ1n) is 2.24. The highest BCUT2D eigenvalue weighted by Crippen LogP contribution is 1.87. The molecule has 0 aromatic carbocycles. The molecule has 0 radical (unpaired) electrons. The summed E-state index contributed by atoms with van der Waals surface area (Å²) < 4.78 is 0. The smallest absolute Gasteiger partial charge is 0.240 e. The molecule has 54 valence electrons. The number of primary amides is 1. The van der Waals surface area contributed by atoms with E-state index < -0.39 is 5.91 Å². The highest BCUT2D eigenvalue weighted by atomic mass is 32.1. The number of amides is 1. The highest BCUT2D eigenvalue weighted by molar-refractivity contribution is 7.84. The average molecular weight is 156 g/mol. The molecule has 0 unspecified atom stereocenters. The van der Waals surface area contributed by atoms with Gasteiger partial charge in [-0.05, 0) is 6.08 Å². The second-order valence-electron chi connectivity index (χ2n) is 1.16. The number of carbonyl (C=O) groups is 1. The number of hydrogen-bond acceptors (Lipinski definition) is 3. The summed E-state index contributed by atoms with van der Waals surface area (Å²) in [5.41, 5.74) is 4.53. The van der Waals surface area contributed by atoms with Gasteiger partial charge in [-0.3, -0.25) is 4.79 Å². The van der Waals surface area contributed by atoms with Crippen LogP contribution in [-0.2, 0) is 4.79 Å². The van der Waals surface area contributed by atoms with Gasteiger partial charge in [-0.2, -0.15) is 5.26 Å². The lowest BCUT2D eigenvalue weighted by molar-refractivity contribution is -0.113. The summed E-state index contributed by atoms with van der Waals surface area (Å²) in [7, 11) is 0. The first-order chi connectivity index (χ1) is 4.54. The Balaban J connectivity index is 0. The Kier molecular flexibility index (Phi) is 9.01. The van der Waals surface area contributed by atoms with Gasteiger partial charge in [-0.1, -0.05) is 13.2 Å². The normalized spacial score (nSPS) is 6.00. The van der Waals surface area contributed by atoms with Gasteiger partial charge in [0.2, 0.25) is 5.91 Å². The first kappa shape index (κ1) is 11.6. The summed E-state index contributed by atoms with van der Waals surface area (Å²) in [6.07, 6.45) is 1.06. The van der Waals surface area contributed by atoms with Crippen LogP contribution in [0.3, 0.4) is 0 Å². The van der Waals surface area contributed by atoms with Crippen LogP contribution in [0, 0.1) is 11.3 Å². The van der Waals surface area contributed by atoms with E-state index in [9.17, 15) is 4.79 Å². The lowest BCUT2D eigenvalue weighted by Crippen LogP contribution is -2.04. The second-order valence-corrected chi connectivity index (χ2v) is 1.70. The van der Waals surface area contributed by atoms with Crippen molar-refractivity contribution in [2.75, 3.05) is 0 Å². The Morgan fingerprint density at radius 3 is 2.00 bits per heavy atom. The number of carbonyl (C=O) groups excluding carboxylic acids is 1. The molecule has 0 aliphatic rings. The number of rotatable bonds is 1. The molecule has 0 saturated carbocycles. The molecule has 0 spiro atoms. The molecule has 0 fully saturated rings. The van der Waals surface area contributed by atoms with E-state index in [1.165, 1.54) is 0 Å². The van der Waals surface area contributed by atoms with Crippen LogP contribution in [0.4, 0.5) is 0 Å². The van der Waals surface area contributed by atoms with Crippen molar-refractivity contribution in [2.45, 2.75) is 0 Å². The molecular formula is C6H8N2OS. The summed E-state index contributed by atoms with van der Waals surface area (Å²) in [5.74, 6) is -0.481. The quantitative estimate of drug-likeness (QED) is 0.332. The van der Waals surface area contributed by atoms with E-state index in [0.717, 1.165) is 6.08 Å². The van der Waals surface area contributed by atoms with Crippen molar-refractivity contribution < 1.29 is 4.79 Å². The molecule has 0 bridgehead atoms. The second kappa shape index (κ2) is 7.79. The topological polar surface area (TPSA) is 66.9 Å². The summed E-state index contributed by atoms with van der Waals surface area (Å²) >= 11 is 3.54. The minimum Gasteiger partial charge on any atom is -0.366 e. The summed E-state index contributed by atoms with van der Waals surface area (Å²) in [5, 5.41) is 7.72. The zero-order chi connectivity index (χ0) is 8.57.